The average Bonchev–Trinajstić information content (AvgIpc) is 2.39. The highest BCUT2D eigenvalue weighted by Gasteiger charge is 2.03. The zero-order chi connectivity index (χ0) is 12.3. The molecule has 0 bridgehead atoms. The van der Waals surface area contributed by atoms with Crippen LogP contribution in [0, 0.1) is 11.3 Å². The first kappa shape index (κ1) is 10.8. The van der Waals surface area contributed by atoms with Crippen molar-refractivity contribution < 1.29 is 9.90 Å². The minimum absolute atomic E-state index is 0.234. The highest BCUT2D eigenvalue weighted by atomic mass is 16.4. The number of nitrogens with zero attached hydrogens (tertiary/aromatic N) is 2. The van der Waals surface area contributed by atoms with Crippen molar-refractivity contribution in [3.63, 3.8) is 0 Å². The lowest BCUT2D eigenvalue weighted by molar-refractivity contribution is 0.0697. The Hall–Kier alpha value is -2.67. The molecule has 0 saturated carbocycles. The van der Waals surface area contributed by atoms with Crippen LogP contribution in [0.15, 0.2) is 42.7 Å². The van der Waals surface area contributed by atoms with Crippen molar-refractivity contribution in [2.45, 2.75) is 0 Å². The van der Waals surface area contributed by atoms with Crippen molar-refractivity contribution in [1.82, 2.24) is 4.98 Å². The summed E-state index contributed by atoms with van der Waals surface area (Å²) in [6, 6.07) is 10.2. The van der Waals surface area contributed by atoms with Crippen LogP contribution >= 0.6 is 0 Å². The number of aromatic carboxylic acids is 1. The van der Waals surface area contributed by atoms with Crippen molar-refractivity contribution in [3.8, 4) is 17.2 Å². The van der Waals surface area contributed by atoms with Crippen molar-refractivity contribution in [1.29, 1.82) is 5.26 Å². The molecule has 0 saturated heterocycles. The minimum Gasteiger partial charge on any atom is -0.478 e. The number of benzene rings is 1. The van der Waals surface area contributed by atoms with Crippen LogP contribution in [0.4, 0.5) is 0 Å². The maximum absolute atomic E-state index is 10.7. The smallest absolute Gasteiger partial charge is 0.335 e. The Labute approximate surface area is 97.8 Å². The van der Waals surface area contributed by atoms with E-state index in [9.17, 15) is 4.79 Å². The Morgan fingerprint density at radius 1 is 1.18 bits per heavy atom. The number of carboxylic acids is 1. The van der Waals surface area contributed by atoms with Gasteiger partial charge in [-0.25, -0.2) is 4.79 Å². The van der Waals surface area contributed by atoms with Crippen LogP contribution in [0.25, 0.3) is 11.1 Å². The van der Waals surface area contributed by atoms with Gasteiger partial charge < -0.3 is 5.11 Å². The van der Waals surface area contributed by atoms with E-state index in [1.807, 2.05) is 6.07 Å². The van der Waals surface area contributed by atoms with E-state index in [1.165, 1.54) is 18.3 Å². The van der Waals surface area contributed by atoms with Crippen molar-refractivity contribution in [3.05, 3.63) is 53.9 Å². The van der Waals surface area contributed by atoms with Crippen molar-refractivity contribution >= 4 is 5.97 Å². The second-order valence-electron chi connectivity index (χ2n) is 3.46. The maximum Gasteiger partial charge on any atom is 0.335 e. The zero-order valence-corrected chi connectivity index (χ0v) is 8.79. The van der Waals surface area contributed by atoms with Gasteiger partial charge in [0, 0.05) is 18.0 Å². The first-order valence-corrected chi connectivity index (χ1v) is 4.89. The van der Waals surface area contributed by atoms with Gasteiger partial charge in [-0.3, -0.25) is 4.98 Å². The summed E-state index contributed by atoms with van der Waals surface area (Å²) in [5.74, 6) is -0.958. The summed E-state index contributed by atoms with van der Waals surface area (Å²) in [7, 11) is 0. The van der Waals surface area contributed by atoms with Gasteiger partial charge in [-0.1, -0.05) is 12.1 Å². The lowest BCUT2D eigenvalue weighted by atomic mass is 10.0. The van der Waals surface area contributed by atoms with Gasteiger partial charge >= 0.3 is 5.97 Å². The van der Waals surface area contributed by atoms with Gasteiger partial charge in [-0.05, 0) is 23.8 Å². The standard InChI is InChI=1S/C13H8N2O2/c14-6-9-5-12(8-15-7-9)10-1-3-11(4-2-10)13(16)17/h1-5,7-8H,(H,16,17). The summed E-state index contributed by atoms with van der Waals surface area (Å²) in [4.78, 5) is 14.6. The molecule has 82 valence electrons. The lowest BCUT2D eigenvalue weighted by Gasteiger charge is -2.01. The van der Waals surface area contributed by atoms with Gasteiger partial charge in [-0.2, -0.15) is 5.26 Å². The Bertz CT molecular complexity index is 598. The average molecular weight is 224 g/mol. The van der Waals surface area contributed by atoms with Gasteiger partial charge in [-0.15, -0.1) is 0 Å². The first-order valence-electron chi connectivity index (χ1n) is 4.89. The van der Waals surface area contributed by atoms with Crippen LogP contribution in [0.1, 0.15) is 15.9 Å². The second kappa shape index (κ2) is 4.45. The summed E-state index contributed by atoms with van der Waals surface area (Å²) < 4.78 is 0. The zero-order valence-electron chi connectivity index (χ0n) is 8.79. The third kappa shape index (κ3) is 2.29. The first-order chi connectivity index (χ1) is 8.20. The molecule has 0 unspecified atom stereocenters. The van der Waals surface area contributed by atoms with E-state index in [0.29, 0.717) is 5.56 Å². The number of aromatic nitrogens is 1. The molecule has 1 aromatic carbocycles. The lowest BCUT2D eigenvalue weighted by Crippen LogP contribution is -1.95. The van der Waals surface area contributed by atoms with Crippen LogP contribution in [0.3, 0.4) is 0 Å². The Morgan fingerprint density at radius 2 is 1.88 bits per heavy atom. The number of carboxylic acid groups (broad SMARTS) is 1. The quantitative estimate of drug-likeness (QED) is 0.849. The third-order valence-electron chi connectivity index (χ3n) is 2.33. The molecule has 0 aliphatic rings. The van der Waals surface area contributed by atoms with E-state index in [-0.39, 0.29) is 5.56 Å². The molecule has 0 atom stereocenters. The number of rotatable bonds is 2. The fourth-order valence-electron chi connectivity index (χ4n) is 1.46. The summed E-state index contributed by atoms with van der Waals surface area (Å²) in [6.07, 6.45) is 3.12. The van der Waals surface area contributed by atoms with Gasteiger partial charge in [0.05, 0.1) is 11.1 Å². The summed E-state index contributed by atoms with van der Waals surface area (Å²) in [5, 5.41) is 17.5. The topological polar surface area (TPSA) is 74.0 Å². The highest BCUT2D eigenvalue weighted by molar-refractivity contribution is 5.88. The number of carbonyl (C=O) groups is 1. The van der Waals surface area contributed by atoms with E-state index in [2.05, 4.69) is 4.98 Å². The largest absolute Gasteiger partial charge is 0.478 e. The molecule has 1 heterocycles. The number of pyridine rings is 1. The molecule has 1 aromatic heterocycles. The van der Waals surface area contributed by atoms with Gasteiger partial charge in [0.2, 0.25) is 0 Å². The summed E-state index contributed by atoms with van der Waals surface area (Å²) in [6.45, 7) is 0. The number of hydrogen-bond acceptors (Lipinski definition) is 3. The molecule has 4 heteroatoms. The van der Waals surface area contributed by atoms with E-state index in [1.54, 1.807) is 24.4 Å². The normalized spacial score (nSPS) is 9.59. The number of nitriles is 1. The molecule has 4 nitrogen and oxygen atoms in total. The Kier molecular flexibility index (Phi) is 2.84. The molecule has 17 heavy (non-hydrogen) atoms. The molecule has 2 aromatic rings. The van der Waals surface area contributed by atoms with Gasteiger partial charge in [0.25, 0.3) is 0 Å². The molecule has 2 rings (SSSR count). The van der Waals surface area contributed by atoms with E-state index >= 15 is 0 Å². The SMILES string of the molecule is N#Cc1cncc(-c2ccc(C(=O)O)cc2)c1. The van der Waals surface area contributed by atoms with Crippen LogP contribution in [0.5, 0.6) is 0 Å². The van der Waals surface area contributed by atoms with Crippen LogP contribution in [-0.2, 0) is 0 Å². The van der Waals surface area contributed by atoms with Crippen LogP contribution in [-0.4, -0.2) is 16.1 Å². The summed E-state index contributed by atoms with van der Waals surface area (Å²) >= 11 is 0. The molecular weight excluding hydrogens is 216 g/mol. The molecule has 0 aliphatic heterocycles. The van der Waals surface area contributed by atoms with E-state index in [0.717, 1.165) is 11.1 Å². The minimum atomic E-state index is -0.958. The molecule has 0 amide bonds. The molecular formula is C13H8N2O2. The summed E-state index contributed by atoms with van der Waals surface area (Å²) in [5.41, 5.74) is 2.34. The van der Waals surface area contributed by atoms with Crippen LogP contribution in [0.2, 0.25) is 0 Å². The van der Waals surface area contributed by atoms with E-state index in [4.69, 9.17) is 10.4 Å². The fraction of sp³-hybridized carbons (Fsp3) is 0. The molecule has 0 aliphatic carbocycles. The number of hydrogen-bond donors (Lipinski definition) is 1. The monoisotopic (exact) mass is 224 g/mol. The predicted octanol–water partition coefficient (Wildman–Crippen LogP) is 2.32. The van der Waals surface area contributed by atoms with Crippen molar-refractivity contribution in [2.75, 3.05) is 0 Å². The van der Waals surface area contributed by atoms with Gasteiger partial charge in [0.1, 0.15) is 6.07 Å². The third-order valence-corrected chi connectivity index (χ3v) is 2.33. The molecule has 1 N–H and O–H groups in total. The van der Waals surface area contributed by atoms with Crippen LogP contribution < -0.4 is 0 Å². The second-order valence-corrected chi connectivity index (χ2v) is 3.46. The van der Waals surface area contributed by atoms with Gasteiger partial charge in [0.15, 0.2) is 0 Å². The van der Waals surface area contributed by atoms with Crippen molar-refractivity contribution in [2.24, 2.45) is 0 Å². The predicted molar refractivity (Wildman–Crippen MR) is 61.3 cm³/mol. The Morgan fingerprint density at radius 3 is 2.47 bits per heavy atom. The molecule has 0 fully saturated rings. The fourth-order valence-corrected chi connectivity index (χ4v) is 1.46. The van der Waals surface area contributed by atoms with E-state index < -0.39 is 5.97 Å². The molecule has 0 spiro atoms. The highest BCUT2D eigenvalue weighted by Crippen LogP contribution is 2.19. The molecule has 0 radical (unpaired) electrons. The Balaban J connectivity index is 2.40. The maximum atomic E-state index is 10.7.